The predicted octanol–water partition coefficient (Wildman–Crippen LogP) is 6.74. The van der Waals surface area contributed by atoms with Crippen LogP contribution in [0, 0.1) is 5.92 Å². The molecule has 6 N–H and O–H groups in total. The van der Waals surface area contributed by atoms with Crippen molar-refractivity contribution in [3.63, 3.8) is 0 Å². The molecule has 72 heavy (non-hydrogen) atoms. The van der Waals surface area contributed by atoms with E-state index < -0.39 is 76.7 Å². The maximum absolute atomic E-state index is 14.3. The van der Waals surface area contributed by atoms with Gasteiger partial charge in [-0.1, -0.05) is 39.8 Å². The number of rotatable bonds is 16. The first-order valence-electron chi connectivity index (χ1n) is 23.7. The SMILES string of the molecule is CCc1c2c(nc3ccc(OC(=O)OC(C)(C)C)cc13)-c1cc3c(c(=O)n1C2)COC(=O)[C@@]3(CC)OC(=O)OCc1ccc(NC(=O)[C@H](CCCNC(N)=O)NC(=O)[C@@H](NC(=O)OC(C)(C)C)C(C)C)cc1. The van der Waals surface area contributed by atoms with Gasteiger partial charge < -0.3 is 60.0 Å². The molecular weight excluding hydrogens is 935 g/mol. The Morgan fingerprint density at radius 3 is 2.19 bits per heavy atom. The Labute approximate surface area is 416 Å². The third-order valence-electron chi connectivity index (χ3n) is 11.7. The molecule has 4 aromatic rings. The minimum atomic E-state index is -2.04. The number of primary amides is 1. The number of amides is 5. The van der Waals surface area contributed by atoms with Crippen LogP contribution in [-0.4, -0.2) is 81.6 Å². The van der Waals surface area contributed by atoms with E-state index in [1.54, 1.807) is 115 Å². The second-order valence-electron chi connectivity index (χ2n) is 19.8. The lowest BCUT2D eigenvalue weighted by Crippen LogP contribution is -2.55. The van der Waals surface area contributed by atoms with Crippen LogP contribution in [0.3, 0.4) is 0 Å². The monoisotopic (exact) mass is 997 g/mol. The largest absolute Gasteiger partial charge is 0.514 e. The lowest BCUT2D eigenvalue weighted by atomic mass is 9.85. The van der Waals surface area contributed by atoms with Crippen LogP contribution in [0.4, 0.5) is 24.9 Å². The first-order chi connectivity index (χ1) is 33.8. The van der Waals surface area contributed by atoms with Crippen molar-refractivity contribution >= 4 is 58.8 Å². The van der Waals surface area contributed by atoms with Crippen molar-refractivity contribution in [2.24, 2.45) is 11.7 Å². The number of nitrogens with one attached hydrogen (secondary N) is 4. The molecule has 3 atom stereocenters. The van der Waals surface area contributed by atoms with E-state index in [1.807, 2.05) is 6.92 Å². The van der Waals surface area contributed by atoms with Crippen molar-refractivity contribution in [2.75, 3.05) is 11.9 Å². The zero-order valence-corrected chi connectivity index (χ0v) is 42.2. The molecule has 2 aliphatic rings. The van der Waals surface area contributed by atoms with Crippen molar-refractivity contribution < 1.29 is 62.0 Å². The van der Waals surface area contributed by atoms with Crippen LogP contribution in [0.25, 0.3) is 22.3 Å². The molecule has 2 aromatic heterocycles. The third kappa shape index (κ3) is 12.6. The van der Waals surface area contributed by atoms with Crippen molar-refractivity contribution in [3.05, 3.63) is 86.7 Å². The van der Waals surface area contributed by atoms with Gasteiger partial charge in [0.05, 0.1) is 29.0 Å². The molecule has 4 heterocycles. The Morgan fingerprint density at radius 2 is 1.57 bits per heavy atom. The number of carbonyl (C=O) groups excluding carboxylic acids is 7. The number of benzene rings is 2. The molecule has 0 fully saturated rings. The van der Waals surface area contributed by atoms with Gasteiger partial charge in [-0.2, -0.15) is 0 Å². The lowest BCUT2D eigenvalue weighted by Gasteiger charge is -2.35. The summed E-state index contributed by atoms with van der Waals surface area (Å²) in [7, 11) is 0. The minimum absolute atomic E-state index is 0.0931. The molecule has 0 saturated heterocycles. The number of hydrogen-bond acceptors (Lipinski definition) is 15. The van der Waals surface area contributed by atoms with E-state index >= 15 is 0 Å². The van der Waals surface area contributed by atoms with Crippen molar-refractivity contribution in [2.45, 2.75) is 144 Å². The number of cyclic esters (lactones) is 1. The fraction of sp³-hybridized carbons (Fsp3) is 0.471. The summed E-state index contributed by atoms with van der Waals surface area (Å²) in [6.07, 6.45) is -2.07. The molecule has 21 heteroatoms. The molecule has 0 aliphatic carbocycles. The maximum Gasteiger partial charge on any atom is 0.514 e. The first-order valence-corrected chi connectivity index (χ1v) is 23.7. The highest BCUT2D eigenvalue weighted by Crippen LogP contribution is 2.42. The zero-order valence-electron chi connectivity index (χ0n) is 42.2. The molecule has 21 nitrogen and oxygen atoms in total. The number of carbonyl (C=O) groups is 7. The van der Waals surface area contributed by atoms with E-state index in [2.05, 4.69) is 21.3 Å². The number of aromatic nitrogens is 2. The molecule has 0 bridgehead atoms. The normalized spacial score (nSPS) is 15.7. The van der Waals surface area contributed by atoms with Crippen LogP contribution >= 0.6 is 0 Å². The van der Waals surface area contributed by atoms with Gasteiger partial charge in [0.15, 0.2) is 0 Å². The van der Waals surface area contributed by atoms with E-state index in [9.17, 15) is 38.4 Å². The molecule has 2 aromatic carbocycles. The topological polar surface area (TPSA) is 284 Å². The third-order valence-corrected chi connectivity index (χ3v) is 11.7. The van der Waals surface area contributed by atoms with Crippen molar-refractivity contribution in [1.29, 1.82) is 0 Å². The fourth-order valence-corrected chi connectivity index (χ4v) is 8.38. The van der Waals surface area contributed by atoms with Gasteiger partial charge in [-0.05, 0) is 121 Å². The summed E-state index contributed by atoms with van der Waals surface area (Å²) in [4.78, 5) is 110. The van der Waals surface area contributed by atoms with E-state index in [-0.39, 0.29) is 68.4 Å². The van der Waals surface area contributed by atoms with Gasteiger partial charge in [-0.25, -0.2) is 29.0 Å². The van der Waals surface area contributed by atoms with Crippen molar-refractivity contribution in [3.8, 4) is 17.1 Å². The van der Waals surface area contributed by atoms with Gasteiger partial charge in [0.1, 0.15) is 42.2 Å². The molecule has 0 spiro atoms. The first kappa shape index (κ1) is 53.6. The molecule has 0 unspecified atom stereocenters. The van der Waals surface area contributed by atoms with Crippen LogP contribution in [-0.2, 0) is 69.8 Å². The second kappa shape index (κ2) is 21.7. The molecular formula is C51H63N7O14. The highest BCUT2D eigenvalue weighted by molar-refractivity contribution is 5.98. The second-order valence-corrected chi connectivity index (χ2v) is 19.8. The number of fused-ring (bicyclic) bond motifs is 5. The Balaban J connectivity index is 1.16. The van der Waals surface area contributed by atoms with Crippen LogP contribution in [0.5, 0.6) is 5.75 Å². The van der Waals surface area contributed by atoms with Gasteiger partial charge >= 0.3 is 30.4 Å². The summed E-state index contributed by atoms with van der Waals surface area (Å²) < 4.78 is 34.5. The highest BCUT2D eigenvalue weighted by atomic mass is 16.7. The van der Waals surface area contributed by atoms with Crippen LogP contribution in [0.15, 0.2) is 53.3 Å². The van der Waals surface area contributed by atoms with E-state index in [0.29, 0.717) is 34.6 Å². The van der Waals surface area contributed by atoms with E-state index in [0.717, 1.165) is 16.5 Å². The van der Waals surface area contributed by atoms with Crippen LogP contribution < -0.4 is 37.3 Å². The number of esters is 1. The lowest BCUT2D eigenvalue weighted by molar-refractivity contribution is -0.175. The fourth-order valence-electron chi connectivity index (χ4n) is 8.38. The minimum Gasteiger partial charge on any atom is -0.457 e. The van der Waals surface area contributed by atoms with E-state index in [4.69, 9.17) is 39.1 Å². The Kier molecular flexibility index (Phi) is 16.2. The highest BCUT2D eigenvalue weighted by Gasteiger charge is 2.51. The number of pyridine rings is 2. The summed E-state index contributed by atoms with van der Waals surface area (Å²) in [6, 6.07) is 9.99. The molecule has 0 radical (unpaired) electrons. The van der Waals surface area contributed by atoms with E-state index in [1.165, 1.54) is 0 Å². The Morgan fingerprint density at radius 1 is 0.875 bits per heavy atom. The number of nitrogens with zero attached hydrogens (tertiary/aromatic N) is 2. The predicted molar refractivity (Wildman–Crippen MR) is 262 cm³/mol. The quantitative estimate of drug-likeness (QED) is 0.0296. The number of aryl methyl sites for hydroxylation is 1. The average molecular weight is 998 g/mol. The van der Waals surface area contributed by atoms with Gasteiger partial charge in [0.25, 0.3) is 5.56 Å². The molecule has 2 aliphatic heterocycles. The van der Waals surface area contributed by atoms with Gasteiger partial charge in [0.2, 0.25) is 17.4 Å². The molecule has 5 amide bonds. The summed E-state index contributed by atoms with van der Waals surface area (Å²) in [5.74, 6) is -2.22. The Bertz CT molecular complexity index is 2830. The Hall–Kier alpha value is -7.71. The summed E-state index contributed by atoms with van der Waals surface area (Å²) in [5, 5.41) is 11.2. The number of nitrogens with two attached hydrogens (primary N) is 1. The average Bonchev–Trinajstić information content (AvgIpc) is 3.66. The molecule has 386 valence electrons. The zero-order chi connectivity index (χ0) is 52.9. The summed E-state index contributed by atoms with van der Waals surface area (Å²) in [6.45, 7) is 16.9. The molecule has 6 rings (SSSR count). The number of anilines is 1. The number of hydrogen-bond donors (Lipinski definition) is 5. The van der Waals surface area contributed by atoms with Gasteiger partial charge in [0, 0.05) is 28.7 Å². The molecule has 0 saturated carbocycles. The summed E-state index contributed by atoms with van der Waals surface area (Å²) in [5.41, 5.74) is 5.36. The standard InChI is InChI=1S/C51H63N7O14/c1-11-31-32-22-30(69-48(66)71-50(8,9)10)19-20-36(32)55-40-33(31)24-58-38(40)23-35-34(43(58)61)26-67-44(62)51(35,12-2)72-47(65)68-25-28-15-17-29(18-16-28)54-41(59)37(14-13-21-53-45(52)63)56-42(60)39(27(3)4)57-46(64)70-49(5,6)7/h15-20,22-23,27,37,39H,11-14,21,24-26H2,1-10H3,(H,54,59)(H,56,60)(H,57,64)(H3,52,53,63)/t37-,39-,51-/m0/s1. The van der Waals surface area contributed by atoms with Crippen molar-refractivity contribution in [1.82, 2.24) is 25.5 Å². The number of alkyl carbamates (subject to hydrolysis) is 1. The van der Waals surface area contributed by atoms with Gasteiger partial charge in [-0.3, -0.25) is 14.4 Å². The van der Waals surface area contributed by atoms with Gasteiger partial charge in [-0.15, -0.1) is 0 Å². The number of ether oxygens (including phenoxy) is 6. The van der Waals surface area contributed by atoms with Crippen LogP contribution in [0.1, 0.15) is 116 Å². The van der Waals surface area contributed by atoms with Crippen LogP contribution in [0.2, 0.25) is 0 Å². The summed E-state index contributed by atoms with van der Waals surface area (Å²) >= 11 is 0. The maximum atomic E-state index is 14.3. The number of urea groups is 1. The smallest absolute Gasteiger partial charge is 0.457 e.